The van der Waals surface area contributed by atoms with E-state index in [2.05, 4.69) is 26.6 Å². The van der Waals surface area contributed by atoms with Crippen molar-refractivity contribution in [2.75, 3.05) is 65.4 Å². The lowest BCUT2D eigenvalue weighted by Crippen LogP contribution is -2.68. The summed E-state index contributed by atoms with van der Waals surface area (Å²) in [5, 5.41) is 13.1. The van der Waals surface area contributed by atoms with E-state index >= 15 is 0 Å². The number of hydrogen-bond acceptors (Lipinski definition) is 14. The van der Waals surface area contributed by atoms with Gasteiger partial charge in [-0.3, -0.25) is 4.79 Å². The van der Waals surface area contributed by atoms with Crippen molar-refractivity contribution in [3.63, 3.8) is 0 Å². The maximum Gasteiger partial charge on any atom is 0.503 e. The summed E-state index contributed by atoms with van der Waals surface area (Å²) in [4.78, 5) is 58.6. The molecule has 9 amide bonds. The van der Waals surface area contributed by atoms with E-state index in [1.165, 1.54) is 6.92 Å². The summed E-state index contributed by atoms with van der Waals surface area (Å²) in [7, 11) is -18.3. The lowest BCUT2D eigenvalue weighted by Gasteiger charge is -2.45. The Hall–Kier alpha value is -2.73. The number of nitrogens with one attached hydrogen (secondary N) is 5. The highest BCUT2D eigenvalue weighted by molar-refractivity contribution is 6.86. The third-order valence-corrected chi connectivity index (χ3v) is 26.9. The Bertz CT molecular complexity index is 1220. The zero-order chi connectivity index (χ0) is 44.1. The molecule has 0 aromatic heterocycles. The maximum absolute atomic E-state index is 12.2. The van der Waals surface area contributed by atoms with Gasteiger partial charge >= 0.3 is 68.4 Å². The normalized spacial score (nSPS) is 15.2. The largest absolute Gasteiger partial charge is 0.503 e. The quantitative estimate of drug-likeness (QED) is 0.0301. The SMILES string of the molecule is CCO[SiH](CCCNC(C)=O)O[Si](CNC(N)=O)(OCC)O[Si](C)(CCCNC(N)=O)O[Si](CCCNC(N)=O)(OCC)O[Si](CCCNC(N)=O)(OCC)OCC. The zero-order valence-electron chi connectivity index (χ0n) is 35.3. The molecule has 28 heteroatoms. The number of rotatable bonds is 36. The van der Waals surface area contributed by atoms with Gasteiger partial charge in [0, 0.05) is 78.2 Å². The van der Waals surface area contributed by atoms with Crippen LogP contribution in [0, 0.1) is 0 Å². The average molecular weight is 922 g/mol. The van der Waals surface area contributed by atoms with Gasteiger partial charge in [0.1, 0.15) is 0 Å². The van der Waals surface area contributed by atoms with Crippen LogP contribution in [0.5, 0.6) is 0 Å². The van der Waals surface area contributed by atoms with E-state index < -0.39 is 68.4 Å². The average Bonchev–Trinajstić information content (AvgIpc) is 3.11. The van der Waals surface area contributed by atoms with Crippen LogP contribution < -0.4 is 49.5 Å². The topological polar surface area (TPSA) is 333 Å². The standard InChI is InChI=1S/C30H71N9O14Si5/c1-8-45-54(21-13-17-35-26(6)40)50-58(49-12-5,25-39-30(34)44)52-55(7,22-14-18-36-27(31)41)51-57(48-11-4,24-16-20-38-29(33)43)53-56(46-9-2,47-10-3)23-15-19-37-28(32)42/h54H,8-25H2,1-7H3,(H,35,40)(H3,31,36,41)(H3,32,37,42)(H3,33,38,43)(H3,34,39,44). The van der Waals surface area contributed by atoms with Crippen LogP contribution in [0.4, 0.5) is 19.2 Å². The van der Waals surface area contributed by atoms with Crippen molar-refractivity contribution in [2.45, 2.75) is 97.9 Å². The highest BCUT2D eigenvalue weighted by Crippen LogP contribution is 2.34. The van der Waals surface area contributed by atoms with Crippen LogP contribution in [0.25, 0.3) is 0 Å². The summed E-state index contributed by atoms with van der Waals surface area (Å²) in [5.74, 6) is -0.176. The van der Waals surface area contributed by atoms with Crippen LogP contribution >= 0.6 is 0 Å². The van der Waals surface area contributed by atoms with E-state index in [9.17, 15) is 24.0 Å². The number of amides is 9. The fourth-order valence-electron chi connectivity index (χ4n) is 5.61. The molecule has 4 atom stereocenters. The Kier molecular flexibility index (Phi) is 28.9. The van der Waals surface area contributed by atoms with Crippen LogP contribution in [0.2, 0.25) is 30.7 Å². The lowest BCUT2D eigenvalue weighted by atomic mass is 10.5. The van der Waals surface area contributed by atoms with Gasteiger partial charge in [0.25, 0.3) is 0 Å². The first-order valence-electron chi connectivity index (χ1n) is 19.7. The van der Waals surface area contributed by atoms with Gasteiger partial charge < -0.3 is 88.1 Å². The molecule has 0 saturated carbocycles. The van der Waals surface area contributed by atoms with Gasteiger partial charge in [-0.2, -0.15) is 0 Å². The molecule has 13 N–H and O–H groups in total. The minimum atomic E-state index is -4.06. The van der Waals surface area contributed by atoms with E-state index in [1.807, 2.05) is 6.92 Å². The Morgan fingerprint density at radius 1 is 0.517 bits per heavy atom. The van der Waals surface area contributed by atoms with Crippen LogP contribution in [0.3, 0.4) is 0 Å². The summed E-state index contributed by atoms with van der Waals surface area (Å²) >= 11 is 0. The number of urea groups is 4. The molecule has 0 spiro atoms. The Morgan fingerprint density at radius 3 is 1.38 bits per heavy atom. The second kappa shape index (κ2) is 30.3. The molecule has 0 aliphatic heterocycles. The predicted molar refractivity (Wildman–Crippen MR) is 225 cm³/mol. The number of hydrogen-bond donors (Lipinski definition) is 9. The summed E-state index contributed by atoms with van der Waals surface area (Å²) in [5.41, 5.74) is 21.6. The molecule has 0 heterocycles. The molecule has 23 nitrogen and oxygen atoms in total. The molecule has 0 rings (SSSR count). The molecule has 340 valence electrons. The van der Waals surface area contributed by atoms with E-state index in [0.717, 1.165) is 0 Å². The first-order chi connectivity index (χ1) is 27.4. The zero-order valence-corrected chi connectivity index (χ0v) is 40.5. The first-order valence-corrected chi connectivity index (χ1v) is 29.8. The van der Waals surface area contributed by atoms with E-state index in [4.69, 9.17) is 61.5 Å². The Morgan fingerprint density at radius 2 is 0.931 bits per heavy atom. The highest BCUT2D eigenvalue weighted by Gasteiger charge is 2.59. The predicted octanol–water partition coefficient (Wildman–Crippen LogP) is 0.253. The second-order valence-corrected chi connectivity index (χ2v) is 27.3. The summed E-state index contributed by atoms with van der Waals surface area (Å²) in [6, 6.07) is -1.96. The van der Waals surface area contributed by atoms with Gasteiger partial charge in [0.15, 0.2) is 0 Å². The minimum absolute atomic E-state index is 0.104. The molecule has 0 aliphatic carbocycles. The molecule has 0 radical (unpaired) electrons. The van der Waals surface area contributed by atoms with Crippen LogP contribution in [0.15, 0.2) is 0 Å². The highest BCUT2D eigenvalue weighted by atomic mass is 28.5. The van der Waals surface area contributed by atoms with E-state index in [0.29, 0.717) is 38.5 Å². The summed E-state index contributed by atoms with van der Waals surface area (Å²) < 4.78 is 59.7. The number of primary amides is 4. The van der Waals surface area contributed by atoms with Gasteiger partial charge in [0.05, 0.1) is 6.17 Å². The summed E-state index contributed by atoms with van der Waals surface area (Å²) in [6.07, 6.45) is 1.25. The van der Waals surface area contributed by atoms with Gasteiger partial charge in [-0.1, -0.05) is 0 Å². The van der Waals surface area contributed by atoms with E-state index in [1.54, 1.807) is 34.2 Å². The first kappa shape index (κ1) is 55.3. The van der Waals surface area contributed by atoms with E-state index in [-0.39, 0.29) is 82.7 Å². The monoisotopic (exact) mass is 921 g/mol. The van der Waals surface area contributed by atoms with Crippen molar-refractivity contribution in [3.05, 3.63) is 0 Å². The fourth-order valence-corrected chi connectivity index (χ4v) is 26.8. The molecule has 0 fully saturated rings. The second-order valence-electron chi connectivity index (χ2n) is 12.8. The number of carbonyl (C=O) groups is 5. The number of nitrogens with two attached hydrogens (primary N) is 4. The minimum Gasteiger partial charge on any atom is -0.397 e. The third kappa shape index (κ3) is 25.0. The molecule has 0 aromatic rings. The lowest BCUT2D eigenvalue weighted by molar-refractivity contribution is -0.118. The van der Waals surface area contributed by atoms with Crippen molar-refractivity contribution >= 4 is 74.3 Å². The summed E-state index contributed by atoms with van der Waals surface area (Å²) in [6.45, 7) is 14.0. The molecule has 0 aliphatic rings. The molecular formula is C30H71N9O14Si5. The van der Waals surface area contributed by atoms with Gasteiger partial charge in [0.2, 0.25) is 5.91 Å². The molecule has 58 heavy (non-hydrogen) atoms. The molecule has 0 bridgehead atoms. The molecule has 0 saturated heterocycles. The van der Waals surface area contributed by atoms with Crippen molar-refractivity contribution < 1.29 is 62.6 Å². The van der Waals surface area contributed by atoms with Gasteiger partial charge in [-0.05, 0) is 78.9 Å². The van der Waals surface area contributed by atoms with Crippen molar-refractivity contribution in [1.82, 2.24) is 26.6 Å². The number of carbonyl (C=O) groups excluding carboxylic acids is 5. The molecule has 4 unspecified atom stereocenters. The maximum atomic E-state index is 12.2. The Labute approximate surface area is 348 Å². The van der Waals surface area contributed by atoms with Crippen molar-refractivity contribution in [2.24, 2.45) is 22.9 Å². The molecule has 0 aromatic carbocycles. The van der Waals surface area contributed by atoms with Crippen molar-refractivity contribution in [1.29, 1.82) is 0 Å². The fraction of sp³-hybridized carbons (Fsp3) is 0.833. The Balaban J connectivity index is 7.56. The van der Waals surface area contributed by atoms with Gasteiger partial charge in [-0.15, -0.1) is 0 Å². The van der Waals surface area contributed by atoms with Crippen LogP contribution in [0.1, 0.15) is 67.2 Å². The molecular weight excluding hydrogens is 851 g/mol. The smallest absolute Gasteiger partial charge is 0.397 e. The van der Waals surface area contributed by atoms with Gasteiger partial charge in [-0.25, -0.2) is 19.2 Å². The third-order valence-electron chi connectivity index (χ3n) is 7.67. The van der Waals surface area contributed by atoms with Crippen molar-refractivity contribution in [3.8, 4) is 0 Å². The van der Waals surface area contributed by atoms with Crippen LogP contribution in [-0.4, -0.2) is 140 Å². The van der Waals surface area contributed by atoms with Crippen LogP contribution in [-0.2, 0) is 43.4 Å².